The van der Waals surface area contributed by atoms with E-state index in [2.05, 4.69) is 19.3 Å². The van der Waals surface area contributed by atoms with Gasteiger partial charge in [0.25, 0.3) is 0 Å². The highest BCUT2D eigenvalue weighted by Gasteiger charge is 2.04. The third kappa shape index (κ3) is 5.25. The molecule has 16 heavy (non-hydrogen) atoms. The summed E-state index contributed by atoms with van der Waals surface area (Å²) in [4.78, 5) is 17.7. The number of rotatable bonds is 7. The van der Waals surface area contributed by atoms with E-state index in [1.54, 1.807) is 0 Å². The Labute approximate surface area is 99.2 Å². The van der Waals surface area contributed by atoms with Crippen LogP contribution in [0.5, 0.6) is 0 Å². The summed E-state index contributed by atoms with van der Waals surface area (Å²) in [7, 11) is 0. The number of aliphatic carboxylic acids is 1. The number of carboxylic acid groups (broad SMARTS) is 1. The van der Waals surface area contributed by atoms with Gasteiger partial charge in [-0.05, 0) is 18.1 Å². The average molecular weight is 243 g/mol. The van der Waals surface area contributed by atoms with E-state index in [0.29, 0.717) is 19.1 Å². The largest absolute Gasteiger partial charge is 0.481 e. The summed E-state index contributed by atoms with van der Waals surface area (Å²) >= 11 is 1.50. The van der Waals surface area contributed by atoms with Crippen LogP contribution in [-0.2, 0) is 22.6 Å². The summed E-state index contributed by atoms with van der Waals surface area (Å²) in [5.74, 6) is -0.296. The summed E-state index contributed by atoms with van der Waals surface area (Å²) in [6, 6.07) is 3.77. The lowest BCUT2D eigenvalue weighted by atomic mass is 10.2. The molecule has 0 saturated heterocycles. The summed E-state index contributed by atoms with van der Waals surface area (Å²) in [6.45, 7) is 5.46. The predicted octanol–water partition coefficient (Wildman–Crippen LogP) is 2.05. The third-order valence-corrected chi connectivity index (χ3v) is 2.89. The van der Waals surface area contributed by atoms with Crippen molar-refractivity contribution in [2.45, 2.75) is 26.8 Å². The second-order valence-electron chi connectivity index (χ2n) is 3.96. The Morgan fingerprint density at radius 3 is 2.81 bits per heavy atom. The van der Waals surface area contributed by atoms with Crippen molar-refractivity contribution in [2.24, 2.45) is 5.92 Å². The van der Waals surface area contributed by atoms with E-state index in [1.807, 2.05) is 12.1 Å². The van der Waals surface area contributed by atoms with Crippen molar-refractivity contribution in [1.82, 2.24) is 5.48 Å². The first-order valence-corrected chi connectivity index (χ1v) is 6.03. The smallest absolute Gasteiger partial charge is 0.308 e. The van der Waals surface area contributed by atoms with Crippen LogP contribution in [0.3, 0.4) is 0 Å². The first kappa shape index (κ1) is 13.2. The Balaban J connectivity index is 2.26. The maximum absolute atomic E-state index is 10.5. The fourth-order valence-corrected chi connectivity index (χ4v) is 2.04. The normalized spacial score (nSPS) is 10.9. The van der Waals surface area contributed by atoms with Gasteiger partial charge in [0, 0.05) is 9.75 Å². The van der Waals surface area contributed by atoms with E-state index in [0.717, 1.165) is 9.75 Å². The van der Waals surface area contributed by atoms with Crippen LogP contribution < -0.4 is 5.48 Å². The second-order valence-corrected chi connectivity index (χ2v) is 5.22. The van der Waals surface area contributed by atoms with Gasteiger partial charge >= 0.3 is 5.97 Å². The molecule has 0 spiro atoms. The zero-order chi connectivity index (χ0) is 12.0. The van der Waals surface area contributed by atoms with Gasteiger partial charge in [0.1, 0.15) is 0 Å². The van der Waals surface area contributed by atoms with Gasteiger partial charge in [-0.1, -0.05) is 13.8 Å². The minimum atomic E-state index is -0.794. The van der Waals surface area contributed by atoms with Crippen LogP contribution in [-0.4, -0.2) is 17.7 Å². The van der Waals surface area contributed by atoms with Crippen molar-refractivity contribution < 1.29 is 14.7 Å². The fourth-order valence-electron chi connectivity index (χ4n) is 1.11. The molecule has 2 N–H and O–H groups in total. The van der Waals surface area contributed by atoms with E-state index in [4.69, 9.17) is 9.94 Å². The van der Waals surface area contributed by atoms with Crippen molar-refractivity contribution in [2.75, 3.05) is 6.61 Å². The second kappa shape index (κ2) is 6.62. The molecule has 4 nitrogen and oxygen atoms in total. The highest BCUT2D eigenvalue weighted by Crippen LogP contribution is 2.16. The molecular weight excluding hydrogens is 226 g/mol. The average Bonchev–Trinajstić information content (AvgIpc) is 2.59. The van der Waals surface area contributed by atoms with Crippen molar-refractivity contribution in [3.05, 3.63) is 21.9 Å². The Morgan fingerprint density at radius 2 is 2.19 bits per heavy atom. The number of hydrogen-bond acceptors (Lipinski definition) is 4. The molecule has 0 atom stereocenters. The maximum Gasteiger partial charge on any atom is 0.308 e. The molecule has 0 aliphatic rings. The molecule has 0 bridgehead atoms. The van der Waals surface area contributed by atoms with Gasteiger partial charge in [-0.3, -0.25) is 4.79 Å². The number of carboxylic acids is 1. The monoisotopic (exact) mass is 243 g/mol. The lowest BCUT2D eigenvalue weighted by Crippen LogP contribution is -2.16. The molecule has 5 heteroatoms. The molecule has 1 aromatic heterocycles. The molecule has 0 radical (unpaired) electrons. The molecule has 0 aliphatic carbocycles. The number of thiophene rings is 1. The van der Waals surface area contributed by atoms with E-state index >= 15 is 0 Å². The molecule has 90 valence electrons. The number of nitrogens with one attached hydrogen (secondary N) is 1. The Hall–Kier alpha value is -0.910. The molecule has 0 unspecified atom stereocenters. The van der Waals surface area contributed by atoms with Gasteiger partial charge in [-0.15, -0.1) is 11.3 Å². The highest BCUT2D eigenvalue weighted by atomic mass is 32.1. The number of hydroxylamine groups is 1. The van der Waals surface area contributed by atoms with Crippen LogP contribution in [0.25, 0.3) is 0 Å². The first-order chi connectivity index (χ1) is 7.58. The molecule has 0 aliphatic heterocycles. The van der Waals surface area contributed by atoms with Crippen molar-refractivity contribution in [1.29, 1.82) is 0 Å². The zero-order valence-corrected chi connectivity index (χ0v) is 10.3. The summed E-state index contributed by atoms with van der Waals surface area (Å²) in [5.41, 5.74) is 2.86. The van der Waals surface area contributed by atoms with Gasteiger partial charge in [-0.2, -0.15) is 5.48 Å². The van der Waals surface area contributed by atoms with E-state index in [-0.39, 0.29) is 6.42 Å². The van der Waals surface area contributed by atoms with E-state index in [1.165, 1.54) is 11.3 Å². The fraction of sp³-hybridized carbons (Fsp3) is 0.545. The van der Waals surface area contributed by atoms with Crippen LogP contribution in [0.4, 0.5) is 0 Å². The quantitative estimate of drug-likeness (QED) is 0.568. The summed E-state index contributed by atoms with van der Waals surface area (Å²) < 4.78 is 0. The predicted molar refractivity (Wildman–Crippen MR) is 63.3 cm³/mol. The Kier molecular flexibility index (Phi) is 5.45. The van der Waals surface area contributed by atoms with Gasteiger partial charge in [0.15, 0.2) is 0 Å². The SMILES string of the molecule is CC(C)CONCc1ccc(CC(=O)O)s1. The minimum Gasteiger partial charge on any atom is -0.481 e. The molecule has 1 aromatic rings. The standard InChI is InChI=1S/C11H17NO3S/c1-8(2)7-15-12-6-10-4-3-9(16-10)5-11(13)14/h3-4,8,12H,5-7H2,1-2H3,(H,13,14). The lowest BCUT2D eigenvalue weighted by molar-refractivity contribution is -0.136. The van der Waals surface area contributed by atoms with Crippen LogP contribution in [0, 0.1) is 5.92 Å². The topological polar surface area (TPSA) is 58.6 Å². The first-order valence-electron chi connectivity index (χ1n) is 5.22. The van der Waals surface area contributed by atoms with Crippen LogP contribution in [0.2, 0.25) is 0 Å². The minimum absolute atomic E-state index is 0.0948. The molecule has 0 saturated carbocycles. The summed E-state index contributed by atoms with van der Waals surface area (Å²) in [5, 5.41) is 8.62. The zero-order valence-electron chi connectivity index (χ0n) is 9.53. The van der Waals surface area contributed by atoms with Crippen molar-refractivity contribution in [3.63, 3.8) is 0 Å². The van der Waals surface area contributed by atoms with Crippen LogP contribution in [0.15, 0.2) is 12.1 Å². The molecule has 1 rings (SSSR count). The van der Waals surface area contributed by atoms with Gasteiger partial charge in [0.05, 0.1) is 19.6 Å². The highest BCUT2D eigenvalue weighted by molar-refractivity contribution is 7.12. The number of hydrogen-bond donors (Lipinski definition) is 2. The summed E-state index contributed by atoms with van der Waals surface area (Å²) in [6.07, 6.45) is 0.0948. The number of carbonyl (C=O) groups is 1. The molecule has 0 aromatic carbocycles. The third-order valence-electron chi connectivity index (χ3n) is 1.81. The van der Waals surface area contributed by atoms with E-state index < -0.39 is 5.97 Å². The van der Waals surface area contributed by atoms with Crippen molar-refractivity contribution in [3.8, 4) is 0 Å². The Morgan fingerprint density at radius 1 is 1.50 bits per heavy atom. The van der Waals surface area contributed by atoms with Gasteiger partial charge < -0.3 is 9.94 Å². The van der Waals surface area contributed by atoms with Gasteiger partial charge in [-0.25, -0.2) is 0 Å². The maximum atomic E-state index is 10.5. The van der Waals surface area contributed by atoms with Crippen LogP contribution in [0.1, 0.15) is 23.6 Å². The molecule has 1 heterocycles. The molecule has 0 fully saturated rings. The van der Waals surface area contributed by atoms with Crippen LogP contribution >= 0.6 is 11.3 Å². The van der Waals surface area contributed by atoms with Crippen molar-refractivity contribution >= 4 is 17.3 Å². The van der Waals surface area contributed by atoms with E-state index in [9.17, 15) is 4.79 Å². The molecule has 0 amide bonds. The molecular formula is C11H17NO3S. The Bertz CT molecular complexity index is 336. The lowest BCUT2D eigenvalue weighted by Gasteiger charge is -2.06. The van der Waals surface area contributed by atoms with Gasteiger partial charge in [0.2, 0.25) is 0 Å².